The highest BCUT2D eigenvalue weighted by atomic mass is 32.2. The van der Waals surface area contributed by atoms with Crippen LogP contribution in [0.5, 0.6) is 0 Å². The molecule has 1 fully saturated rings. The normalized spacial score (nSPS) is 27.6. The lowest BCUT2D eigenvalue weighted by molar-refractivity contribution is 0.0697. The molecule has 1 aliphatic carbocycles. The van der Waals surface area contributed by atoms with Gasteiger partial charge in [0.05, 0.1) is 5.56 Å². The van der Waals surface area contributed by atoms with Crippen molar-refractivity contribution in [3.8, 4) is 0 Å². The summed E-state index contributed by atoms with van der Waals surface area (Å²) in [6.07, 6.45) is 1.85. The lowest BCUT2D eigenvalue weighted by Crippen LogP contribution is -2.36. The van der Waals surface area contributed by atoms with Gasteiger partial charge in [0.15, 0.2) is 0 Å². The van der Waals surface area contributed by atoms with E-state index in [1.165, 1.54) is 11.4 Å². The Morgan fingerprint density at radius 3 is 2.58 bits per heavy atom. The Balaban J connectivity index is 2.16. The monoisotopic (exact) mass is 303 g/mol. The lowest BCUT2D eigenvalue weighted by Gasteiger charge is -2.18. The smallest absolute Gasteiger partial charge is 0.336 e. The first kappa shape index (κ1) is 14.5. The van der Waals surface area contributed by atoms with Crippen molar-refractivity contribution in [3.63, 3.8) is 0 Å². The van der Waals surface area contributed by atoms with Gasteiger partial charge in [0, 0.05) is 11.4 Å². The molecule has 7 heteroatoms. The van der Waals surface area contributed by atoms with Crippen molar-refractivity contribution in [1.82, 2.24) is 4.72 Å². The van der Waals surface area contributed by atoms with Crippen molar-refractivity contribution >= 4 is 27.3 Å². The number of nitrogens with one attached hydrogen (secondary N) is 1. The van der Waals surface area contributed by atoms with Crippen molar-refractivity contribution in [3.05, 3.63) is 17.0 Å². The molecular formula is C12H17NO4S2. The number of thiophene rings is 1. The number of aromatic carboxylic acids is 1. The van der Waals surface area contributed by atoms with Crippen LogP contribution < -0.4 is 4.72 Å². The highest BCUT2D eigenvalue weighted by Gasteiger charge is 2.33. The second-order valence-electron chi connectivity index (χ2n) is 5.10. The SMILES string of the molecule is CC1CCC(NS(=O)(=O)c2cc(C(=O)O)cs2)C1C. The number of carbonyl (C=O) groups is 1. The van der Waals surface area contributed by atoms with Crippen molar-refractivity contribution < 1.29 is 18.3 Å². The molecule has 0 saturated heterocycles. The van der Waals surface area contributed by atoms with Gasteiger partial charge in [-0.25, -0.2) is 17.9 Å². The summed E-state index contributed by atoms with van der Waals surface area (Å²) >= 11 is 0.939. The third-order valence-electron chi connectivity index (χ3n) is 3.86. The first-order valence-electron chi connectivity index (χ1n) is 6.15. The Labute approximate surface area is 116 Å². The van der Waals surface area contributed by atoms with E-state index in [1.807, 2.05) is 6.92 Å². The number of rotatable bonds is 4. The standard InChI is InChI=1S/C12H17NO4S2/c1-7-3-4-10(8(7)2)13-19(16,17)11-5-9(6-18-11)12(14)15/h5-8,10,13H,3-4H2,1-2H3,(H,14,15). The molecule has 106 valence electrons. The van der Waals surface area contributed by atoms with E-state index in [9.17, 15) is 13.2 Å². The molecule has 0 bridgehead atoms. The highest BCUT2D eigenvalue weighted by Crippen LogP contribution is 2.32. The molecule has 3 unspecified atom stereocenters. The Bertz CT molecular complexity index is 578. The molecule has 0 spiro atoms. The van der Waals surface area contributed by atoms with Gasteiger partial charge in [-0.05, 0) is 30.7 Å². The summed E-state index contributed by atoms with van der Waals surface area (Å²) in [4.78, 5) is 10.8. The van der Waals surface area contributed by atoms with E-state index < -0.39 is 16.0 Å². The fraction of sp³-hybridized carbons (Fsp3) is 0.583. The minimum Gasteiger partial charge on any atom is -0.478 e. The van der Waals surface area contributed by atoms with Crippen molar-refractivity contribution in [2.75, 3.05) is 0 Å². The first-order valence-corrected chi connectivity index (χ1v) is 8.51. The third kappa shape index (κ3) is 2.98. The average molecular weight is 303 g/mol. The second kappa shape index (κ2) is 5.22. The van der Waals surface area contributed by atoms with Crippen LogP contribution in [0.25, 0.3) is 0 Å². The van der Waals surface area contributed by atoms with Crippen LogP contribution in [0, 0.1) is 11.8 Å². The molecular weight excluding hydrogens is 286 g/mol. The van der Waals surface area contributed by atoms with E-state index in [4.69, 9.17) is 5.11 Å². The maximum absolute atomic E-state index is 12.2. The molecule has 2 N–H and O–H groups in total. The van der Waals surface area contributed by atoms with Crippen LogP contribution >= 0.6 is 11.3 Å². The van der Waals surface area contributed by atoms with Crippen LogP contribution in [0.15, 0.2) is 15.7 Å². The lowest BCUT2D eigenvalue weighted by atomic mass is 9.98. The van der Waals surface area contributed by atoms with Crippen LogP contribution in [-0.4, -0.2) is 25.5 Å². The van der Waals surface area contributed by atoms with E-state index in [0.717, 1.165) is 24.2 Å². The molecule has 0 radical (unpaired) electrons. The highest BCUT2D eigenvalue weighted by molar-refractivity contribution is 7.91. The van der Waals surface area contributed by atoms with E-state index in [2.05, 4.69) is 11.6 Å². The minimum absolute atomic E-state index is 0.0122. The summed E-state index contributed by atoms with van der Waals surface area (Å²) in [6, 6.07) is 1.15. The maximum atomic E-state index is 12.2. The van der Waals surface area contributed by atoms with Gasteiger partial charge in [0.25, 0.3) is 0 Å². The molecule has 1 heterocycles. The summed E-state index contributed by atoms with van der Waals surface area (Å²) < 4.78 is 27.1. The van der Waals surface area contributed by atoms with Crippen LogP contribution in [0.3, 0.4) is 0 Å². The van der Waals surface area contributed by atoms with Gasteiger partial charge < -0.3 is 5.11 Å². The molecule has 19 heavy (non-hydrogen) atoms. The molecule has 5 nitrogen and oxygen atoms in total. The predicted molar refractivity (Wildman–Crippen MR) is 72.9 cm³/mol. The predicted octanol–water partition coefficient (Wildman–Crippen LogP) is 2.16. The van der Waals surface area contributed by atoms with Crippen LogP contribution in [0.2, 0.25) is 0 Å². The second-order valence-corrected chi connectivity index (χ2v) is 7.95. The van der Waals surface area contributed by atoms with Gasteiger partial charge >= 0.3 is 5.97 Å². The Morgan fingerprint density at radius 1 is 1.42 bits per heavy atom. The minimum atomic E-state index is -3.61. The summed E-state index contributed by atoms with van der Waals surface area (Å²) in [5.41, 5.74) is 0.0122. The Kier molecular flexibility index (Phi) is 3.98. The molecule has 3 atom stereocenters. The third-order valence-corrected chi connectivity index (χ3v) is 6.79. The number of carboxylic acid groups (broad SMARTS) is 1. The average Bonchev–Trinajstić information content (AvgIpc) is 2.92. The zero-order valence-corrected chi connectivity index (χ0v) is 12.4. The topological polar surface area (TPSA) is 83.5 Å². The molecule has 0 aromatic carbocycles. The van der Waals surface area contributed by atoms with Gasteiger partial charge in [0.2, 0.25) is 10.0 Å². The van der Waals surface area contributed by atoms with E-state index in [1.54, 1.807) is 0 Å². The zero-order valence-electron chi connectivity index (χ0n) is 10.8. The van der Waals surface area contributed by atoms with Crippen molar-refractivity contribution in [1.29, 1.82) is 0 Å². The molecule has 1 aromatic heterocycles. The number of carboxylic acids is 1. The van der Waals surface area contributed by atoms with E-state index in [0.29, 0.717) is 11.8 Å². The zero-order chi connectivity index (χ0) is 14.2. The maximum Gasteiger partial charge on any atom is 0.336 e. The molecule has 0 aliphatic heterocycles. The largest absolute Gasteiger partial charge is 0.478 e. The van der Waals surface area contributed by atoms with Gasteiger partial charge in [0.1, 0.15) is 4.21 Å². The summed E-state index contributed by atoms with van der Waals surface area (Å²) in [5, 5.41) is 10.2. The van der Waals surface area contributed by atoms with Gasteiger partial charge in [-0.1, -0.05) is 13.8 Å². The van der Waals surface area contributed by atoms with Crippen LogP contribution in [0.4, 0.5) is 0 Å². The number of sulfonamides is 1. The molecule has 1 aliphatic rings. The van der Waals surface area contributed by atoms with Crippen molar-refractivity contribution in [2.45, 2.75) is 36.9 Å². The number of hydrogen-bond donors (Lipinski definition) is 2. The number of hydrogen-bond acceptors (Lipinski definition) is 4. The fourth-order valence-electron chi connectivity index (χ4n) is 2.36. The van der Waals surface area contributed by atoms with E-state index in [-0.39, 0.29) is 15.8 Å². The van der Waals surface area contributed by atoms with Gasteiger partial charge in [-0.2, -0.15) is 0 Å². The first-order chi connectivity index (χ1) is 8.81. The molecule has 1 saturated carbocycles. The quantitative estimate of drug-likeness (QED) is 0.893. The fourth-order valence-corrected chi connectivity index (χ4v) is 4.89. The Morgan fingerprint density at radius 2 is 2.11 bits per heavy atom. The van der Waals surface area contributed by atoms with Gasteiger partial charge in [-0.15, -0.1) is 11.3 Å². The van der Waals surface area contributed by atoms with Gasteiger partial charge in [-0.3, -0.25) is 0 Å². The Hall–Kier alpha value is -0.920. The summed E-state index contributed by atoms with van der Waals surface area (Å²) in [7, 11) is -3.61. The van der Waals surface area contributed by atoms with Crippen LogP contribution in [-0.2, 0) is 10.0 Å². The van der Waals surface area contributed by atoms with E-state index >= 15 is 0 Å². The molecule has 2 rings (SSSR count). The summed E-state index contributed by atoms with van der Waals surface area (Å²) in [6.45, 7) is 4.16. The van der Waals surface area contributed by atoms with Crippen LogP contribution in [0.1, 0.15) is 37.0 Å². The molecule has 0 amide bonds. The summed E-state index contributed by atoms with van der Waals surface area (Å²) in [5.74, 6) is -0.306. The molecule has 1 aromatic rings. The van der Waals surface area contributed by atoms with Crippen molar-refractivity contribution in [2.24, 2.45) is 11.8 Å².